The summed E-state index contributed by atoms with van der Waals surface area (Å²) in [4.78, 5) is 0. The van der Waals surface area contributed by atoms with Gasteiger partial charge >= 0.3 is 0 Å². The van der Waals surface area contributed by atoms with Crippen LogP contribution in [0.5, 0.6) is 0 Å². The molecule has 0 radical (unpaired) electrons. The zero-order valence-corrected chi connectivity index (χ0v) is 9.54. The molecule has 0 nitrogen and oxygen atoms in total. The standard InChI is InChI=1S/C13H10Cl2/c14-12-8-6-11(7-9-12)13(15)10-4-2-1-3-5-10/h1-9,13H/t13-/m1/s1. The maximum Gasteiger partial charge on any atom is 0.0835 e. The summed E-state index contributed by atoms with van der Waals surface area (Å²) in [5, 5.41) is 0.624. The molecule has 2 aromatic rings. The van der Waals surface area contributed by atoms with Crippen molar-refractivity contribution in [3.63, 3.8) is 0 Å². The number of alkyl halides is 1. The van der Waals surface area contributed by atoms with Gasteiger partial charge in [-0.15, -0.1) is 11.6 Å². The second kappa shape index (κ2) is 4.69. The molecule has 0 fully saturated rings. The summed E-state index contributed by atoms with van der Waals surface area (Å²) < 4.78 is 0. The van der Waals surface area contributed by atoms with Gasteiger partial charge in [-0.25, -0.2) is 0 Å². The van der Waals surface area contributed by atoms with Gasteiger partial charge in [-0.05, 0) is 23.3 Å². The summed E-state index contributed by atoms with van der Waals surface area (Å²) in [5.41, 5.74) is 2.16. The SMILES string of the molecule is Clc1ccc([C@H](Cl)c2ccccc2)cc1. The van der Waals surface area contributed by atoms with Gasteiger partial charge in [0, 0.05) is 5.02 Å². The Morgan fingerprint density at radius 2 is 1.27 bits per heavy atom. The largest absolute Gasteiger partial charge is 0.113 e. The van der Waals surface area contributed by atoms with E-state index in [4.69, 9.17) is 23.2 Å². The van der Waals surface area contributed by atoms with E-state index in [0.29, 0.717) is 0 Å². The van der Waals surface area contributed by atoms with E-state index in [0.717, 1.165) is 16.1 Å². The Morgan fingerprint density at radius 1 is 0.733 bits per heavy atom. The third-order valence-corrected chi connectivity index (χ3v) is 3.01. The molecule has 0 saturated heterocycles. The number of hydrogen-bond donors (Lipinski definition) is 0. The molecule has 0 amide bonds. The summed E-state index contributed by atoms with van der Waals surface area (Å²) >= 11 is 12.2. The molecular weight excluding hydrogens is 227 g/mol. The van der Waals surface area contributed by atoms with Crippen molar-refractivity contribution >= 4 is 23.2 Å². The van der Waals surface area contributed by atoms with Crippen LogP contribution >= 0.6 is 23.2 Å². The van der Waals surface area contributed by atoms with Crippen LogP contribution in [-0.2, 0) is 0 Å². The molecule has 0 aromatic heterocycles. The van der Waals surface area contributed by atoms with E-state index >= 15 is 0 Å². The van der Waals surface area contributed by atoms with Crippen molar-refractivity contribution in [2.24, 2.45) is 0 Å². The minimum absolute atomic E-state index is 0.108. The maximum atomic E-state index is 6.34. The zero-order chi connectivity index (χ0) is 10.7. The molecule has 0 aliphatic rings. The van der Waals surface area contributed by atoms with E-state index in [9.17, 15) is 0 Å². The third kappa shape index (κ3) is 2.53. The highest BCUT2D eigenvalue weighted by Gasteiger charge is 2.09. The normalized spacial score (nSPS) is 12.4. The van der Waals surface area contributed by atoms with Crippen molar-refractivity contribution in [1.82, 2.24) is 0 Å². The Labute approximate surface area is 99.5 Å². The number of benzene rings is 2. The van der Waals surface area contributed by atoms with E-state index in [1.54, 1.807) is 0 Å². The van der Waals surface area contributed by atoms with Crippen LogP contribution in [0.15, 0.2) is 54.6 Å². The number of rotatable bonds is 2. The van der Waals surface area contributed by atoms with Crippen LogP contribution in [0.2, 0.25) is 5.02 Å². The lowest BCUT2D eigenvalue weighted by Crippen LogP contribution is -1.91. The molecule has 76 valence electrons. The van der Waals surface area contributed by atoms with Gasteiger partial charge < -0.3 is 0 Å². The summed E-state index contributed by atoms with van der Waals surface area (Å²) in [7, 11) is 0. The topological polar surface area (TPSA) is 0 Å². The quantitative estimate of drug-likeness (QED) is 0.666. The van der Waals surface area contributed by atoms with E-state index in [1.165, 1.54) is 0 Å². The number of halogens is 2. The highest BCUT2D eigenvalue weighted by molar-refractivity contribution is 6.30. The van der Waals surface area contributed by atoms with E-state index in [1.807, 2.05) is 54.6 Å². The van der Waals surface area contributed by atoms with Crippen molar-refractivity contribution in [3.05, 3.63) is 70.7 Å². The lowest BCUT2D eigenvalue weighted by molar-refractivity contribution is 1.14. The molecule has 0 saturated carbocycles. The molecular formula is C13H10Cl2. The average Bonchev–Trinajstić information content (AvgIpc) is 2.30. The van der Waals surface area contributed by atoms with Gasteiger partial charge in [-0.2, -0.15) is 0 Å². The van der Waals surface area contributed by atoms with Crippen LogP contribution in [0.3, 0.4) is 0 Å². The second-order valence-corrected chi connectivity index (χ2v) is 4.20. The van der Waals surface area contributed by atoms with Gasteiger partial charge in [0.25, 0.3) is 0 Å². The van der Waals surface area contributed by atoms with Crippen molar-refractivity contribution in [1.29, 1.82) is 0 Å². The van der Waals surface area contributed by atoms with Crippen LogP contribution in [0.1, 0.15) is 16.5 Å². The lowest BCUT2D eigenvalue weighted by atomic mass is 10.0. The fourth-order valence-electron chi connectivity index (χ4n) is 1.45. The van der Waals surface area contributed by atoms with Crippen molar-refractivity contribution < 1.29 is 0 Å². The highest BCUT2D eigenvalue weighted by atomic mass is 35.5. The predicted octanol–water partition coefficient (Wildman–Crippen LogP) is 4.67. The van der Waals surface area contributed by atoms with E-state index < -0.39 is 0 Å². The van der Waals surface area contributed by atoms with Gasteiger partial charge in [0.1, 0.15) is 0 Å². The van der Waals surface area contributed by atoms with Crippen LogP contribution in [0.4, 0.5) is 0 Å². The summed E-state index contributed by atoms with van der Waals surface area (Å²) in [5.74, 6) is 0. The monoisotopic (exact) mass is 236 g/mol. The van der Waals surface area contributed by atoms with Gasteiger partial charge in [0.2, 0.25) is 0 Å². The summed E-state index contributed by atoms with van der Waals surface area (Å²) in [6.07, 6.45) is 0. The summed E-state index contributed by atoms with van der Waals surface area (Å²) in [6.45, 7) is 0. The van der Waals surface area contributed by atoms with Crippen molar-refractivity contribution in [3.8, 4) is 0 Å². The Bertz CT molecular complexity index is 420. The molecule has 15 heavy (non-hydrogen) atoms. The smallest absolute Gasteiger partial charge is 0.0835 e. The van der Waals surface area contributed by atoms with Gasteiger partial charge in [-0.1, -0.05) is 54.1 Å². The molecule has 0 N–H and O–H groups in total. The van der Waals surface area contributed by atoms with Crippen LogP contribution in [-0.4, -0.2) is 0 Å². The van der Waals surface area contributed by atoms with E-state index in [-0.39, 0.29) is 5.38 Å². The average molecular weight is 237 g/mol. The number of hydrogen-bond acceptors (Lipinski definition) is 0. The molecule has 1 atom stereocenters. The molecule has 0 bridgehead atoms. The fourth-order valence-corrected chi connectivity index (χ4v) is 1.86. The second-order valence-electron chi connectivity index (χ2n) is 3.32. The highest BCUT2D eigenvalue weighted by Crippen LogP contribution is 2.28. The Kier molecular flexibility index (Phi) is 3.30. The maximum absolute atomic E-state index is 6.34. The Morgan fingerprint density at radius 3 is 1.87 bits per heavy atom. The lowest BCUT2D eigenvalue weighted by Gasteiger charge is -2.09. The van der Waals surface area contributed by atoms with Gasteiger partial charge in [0.15, 0.2) is 0 Å². The molecule has 0 aliphatic heterocycles. The first kappa shape index (κ1) is 10.5. The van der Waals surface area contributed by atoms with Crippen LogP contribution in [0.25, 0.3) is 0 Å². The predicted molar refractivity (Wildman–Crippen MR) is 65.6 cm³/mol. The van der Waals surface area contributed by atoms with Gasteiger partial charge in [0.05, 0.1) is 5.38 Å². The molecule has 0 spiro atoms. The molecule has 0 aliphatic carbocycles. The zero-order valence-electron chi connectivity index (χ0n) is 8.03. The van der Waals surface area contributed by atoms with Crippen molar-refractivity contribution in [2.45, 2.75) is 5.38 Å². The molecule has 2 rings (SSSR count). The first-order valence-electron chi connectivity index (χ1n) is 4.72. The molecule has 0 heterocycles. The molecule has 2 heteroatoms. The van der Waals surface area contributed by atoms with Crippen LogP contribution < -0.4 is 0 Å². The van der Waals surface area contributed by atoms with Crippen molar-refractivity contribution in [2.75, 3.05) is 0 Å². The molecule has 0 unspecified atom stereocenters. The third-order valence-electron chi connectivity index (χ3n) is 2.25. The Balaban J connectivity index is 2.29. The minimum atomic E-state index is -0.108. The Hall–Kier alpha value is -0.980. The summed E-state index contributed by atoms with van der Waals surface area (Å²) in [6, 6.07) is 17.6. The minimum Gasteiger partial charge on any atom is -0.113 e. The molecule has 2 aromatic carbocycles. The van der Waals surface area contributed by atoms with Crippen LogP contribution in [0, 0.1) is 0 Å². The first-order chi connectivity index (χ1) is 7.27. The fraction of sp³-hybridized carbons (Fsp3) is 0.0769. The first-order valence-corrected chi connectivity index (χ1v) is 5.53. The van der Waals surface area contributed by atoms with E-state index in [2.05, 4.69) is 0 Å². The van der Waals surface area contributed by atoms with Gasteiger partial charge in [-0.3, -0.25) is 0 Å².